The lowest BCUT2D eigenvalue weighted by Crippen LogP contribution is -2.00. The number of nitrogen functional groups attached to an aromatic ring is 1. The predicted octanol–water partition coefficient (Wildman–Crippen LogP) is 4.78. The monoisotopic (exact) mass is 527 g/mol. The molecule has 0 bridgehead atoms. The lowest BCUT2D eigenvalue weighted by Gasteiger charge is -2.13. The van der Waals surface area contributed by atoms with E-state index in [2.05, 4.69) is 48.7 Å². The van der Waals surface area contributed by atoms with Gasteiger partial charge in [-0.05, 0) is 64.1 Å². The van der Waals surface area contributed by atoms with E-state index in [9.17, 15) is 0 Å². The van der Waals surface area contributed by atoms with E-state index >= 15 is 0 Å². The number of nitrogens with zero attached hydrogens (tertiary/aromatic N) is 2. The minimum absolute atomic E-state index is 0.0356. The highest BCUT2D eigenvalue weighted by Gasteiger charge is 2.11. The third kappa shape index (κ3) is 4.76. The van der Waals surface area contributed by atoms with Gasteiger partial charge in [0.1, 0.15) is 6.61 Å². The molecule has 2 N–H and O–H groups in total. The maximum absolute atomic E-state index is 5.98. The van der Waals surface area contributed by atoms with Crippen molar-refractivity contribution in [2.75, 3.05) is 12.8 Å². The Bertz CT molecular complexity index is 926. The quantitative estimate of drug-likeness (QED) is 0.465. The molecule has 0 saturated carbocycles. The molecule has 0 aliphatic carbocycles. The minimum atomic E-state index is 0.0356. The first kappa shape index (κ1) is 18.7. The summed E-state index contributed by atoms with van der Waals surface area (Å²) in [7, 11) is 1.62. The van der Waals surface area contributed by atoms with Gasteiger partial charge in [0, 0.05) is 10.5 Å². The molecule has 0 fully saturated rings. The van der Waals surface area contributed by atoms with Crippen molar-refractivity contribution in [2.45, 2.75) is 6.61 Å². The largest absolute Gasteiger partial charge is 0.493 e. The maximum atomic E-state index is 5.98. The van der Waals surface area contributed by atoms with E-state index in [0.29, 0.717) is 24.0 Å². The molecule has 134 valence electrons. The lowest BCUT2D eigenvalue weighted by atomic mass is 10.2. The van der Waals surface area contributed by atoms with E-state index in [4.69, 9.17) is 19.6 Å². The fraction of sp³-hybridized carbons (Fsp3) is 0.111. The fourth-order valence-corrected chi connectivity index (χ4v) is 3.24. The summed E-state index contributed by atoms with van der Waals surface area (Å²) in [4.78, 5) is 0. The van der Waals surface area contributed by atoms with Crippen LogP contribution < -0.4 is 15.2 Å². The number of rotatable bonds is 6. The number of anilines is 1. The van der Waals surface area contributed by atoms with Gasteiger partial charge in [-0.3, -0.25) is 0 Å². The topological polar surface area (TPSA) is 83.4 Å². The van der Waals surface area contributed by atoms with Gasteiger partial charge in [0.25, 0.3) is 0 Å². The van der Waals surface area contributed by atoms with E-state index in [1.54, 1.807) is 13.2 Å². The standard InChI is InChI=1S/C18H15BrIN3O3/c1-24-15-9-12(4-7-16-22-23-18(21)26-16)8-14(20)17(15)25-10-11-2-5-13(19)6-3-11/h2-9H,10H2,1H3,(H2,21,23)/b7-4+. The summed E-state index contributed by atoms with van der Waals surface area (Å²) >= 11 is 5.65. The van der Waals surface area contributed by atoms with Crippen molar-refractivity contribution in [3.05, 3.63) is 61.5 Å². The summed E-state index contributed by atoms with van der Waals surface area (Å²) in [6.07, 6.45) is 3.53. The molecule has 3 rings (SSSR count). The first-order valence-corrected chi connectivity index (χ1v) is 9.44. The SMILES string of the molecule is COc1cc(/C=C/c2nnc(N)o2)cc(I)c1OCc1ccc(Br)cc1. The molecule has 1 aromatic heterocycles. The zero-order valence-corrected chi connectivity index (χ0v) is 17.5. The van der Waals surface area contributed by atoms with Crippen molar-refractivity contribution < 1.29 is 13.9 Å². The summed E-state index contributed by atoms with van der Waals surface area (Å²) < 4.78 is 18.6. The van der Waals surface area contributed by atoms with E-state index in [-0.39, 0.29) is 6.01 Å². The van der Waals surface area contributed by atoms with E-state index in [0.717, 1.165) is 19.2 Å². The van der Waals surface area contributed by atoms with Crippen LogP contribution in [0.15, 0.2) is 45.3 Å². The first-order chi connectivity index (χ1) is 12.5. The Balaban J connectivity index is 1.78. The summed E-state index contributed by atoms with van der Waals surface area (Å²) in [6.45, 7) is 0.454. The molecule has 26 heavy (non-hydrogen) atoms. The van der Waals surface area contributed by atoms with Gasteiger partial charge in [0.15, 0.2) is 11.5 Å². The molecular formula is C18H15BrIN3O3. The van der Waals surface area contributed by atoms with Crippen molar-refractivity contribution in [1.29, 1.82) is 0 Å². The average molecular weight is 528 g/mol. The normalized spacial score (nSPS) is 11.0. The Kier molecular flexibility index (Phi) is 6.15. The molecule has 0 spiro atoms. The molecule has 0 atom stereocenters. The second-order valence-electron chi connectivity index (χ2n) is 5.26. The molecule has 0 amide bonds. The van der Waals surface area contributed by atoms with Crippen LogP contribution in [-0.4, -0.2) is 17.3 Å². The van der Waals surface area contributed by atoms with Crippen molar-refractivity contribution in [1.82, 2.24) is 10.2 Å². The zero-order valence-electron chi connectivity index (χ0n) is 13.8. The second kappa shape index (κ2) is 8.54. The molecule has 1 heterocycles. The summed E-state index contributed by atoms with van der Waals surface area (Å²) in [5, 5.41) is 7.41. The summed E-state index contributed by atoms with van der Waals surface area (Å²) in [5.74, 6) is 1.70. The van der Waals surface area contributed by atoms with Crippen molar-refractivity contribution in [3.63, 3.8) is 0 Å². The van der Waals surface area contributed by atoms with Crippen LogP contribution in [0.25, 0.3) is 12.2 Å². The number of hydrogen-bond acceptors (Lipinski definition) is 6. The number of halogens is 2. The van der Waals surface area contributed by atoms with Crippen LogP contribution in [0.5, 0.6) is 11.5 Å². The number of hydrogen-bond donors (Lipinski definition) is 1. The van der Waals surface area contributed by atoms with Crippen LogP contribution in [0.4, 0.5) is 6.01 Å². The molecule has 2 aromatic carbocycles. The molecule has 0 aliphatic heterocycles. The summed E-state index contributed by atoms with van der Waals surface area (Å²) in [6, 6.07) is 11.9. The molecule has 8 heteroatoms. The Hall–Kier alpha value is -2.07. The smallest absolute Gasteiger partial charge is 0.313 e. The summed E-state index contributed by atoms with van der Waals surface area (Å²) in [5.41, 5.74) is 7.40. The van der Waals surface area contributed by atoms with Gasteiger partial charge in [-0.1, -0.05) is 33.2 Å². The van der Waals surface area contributed by atoms with Crippen LogP contribution in [0.3, 0.4) is 0 Å². The average Bonchev–Trinajstić information content (AvgIpc) is 3.05. The Morgan fingerprint density at radius 3 is 2.62 bits per heavy atom. The van der Waals surface area contributed by atoms with E-state index in [1.807, 2.05) is 42.5 Å². The van der Waals surface area contributed by atoms with Gasteiger partial charge in [-0.15, -0.1) is 5.10 Å². The zero-order chi connectivity index (χ0) is 18.5. The van der Waals surface area contributed by atoms with Gasteiger partial charge >= 0.3 is 6.01 Å². The molecule has 0 unspecified atom stereocenters. The predicted molar refractivity (Wildman–Crippen MR) is 112 cm³/mol. The lowest BCUT2D eigenvalue weighted by molar-refractivity contribution is 0.282. The third-order valence-electron chi connectivity index (χ3n) is 3.42. The van der Waals surface area contributed by atoms with Crippen molar-refractivity contribution in [3.8, 4) is 11.5 Å². The van der Waals surface area contributed by atoms with E-state index in [1.165, 1.54) is 0 Å². The minimum Gasteiger partial charge on any atom is -0.493 e. The van der Waals surface area contributed by atoms with Gasteiger partial charge in [-0.2, -0.15) is 0 Å². The van der Waals surface area contributed by atoms with Crippen LogP contribution in [-0.2, 0) is 6.61 Å². The molecular weight excluding hydrogens is 513 g/mol. The highest BCUT2D eigenvalue weighted by atomic mass is 127. The van der Waals surface area contributed by atoms with Crippen LogP contribution in [0.1, 0.15) is 17.0 Å². The molecule has 0 aliphatic rings. The van der Waals surface area contributed by atoms with Gasteiger partial charge in [0.2, 0.25) is 5.89 Å². The number of benzene rings is 2. The third-order valence-corrected chi connectivity index (χ3v) is 4.75. The molecule has 0 saturated heterocycles. The highest BCUT2D eigenvalue weighted by molar-refractivity contribution is 14.1. The van der Waals surface area contributed by atoms with E-state index < -0.39 is 0 Å². The molecule has 3 aromatic rings. The molecule has 0 radical (unpaired) electrons. The van der Waals surface area contributed by atoms with Gasteiger partial charge < -0.3 is 19.6 Å². The van der Waals surface area contributed by atoms with Crippen molar-refractivity contribution >= 4 is 56.7 Å². The Morgan fingerprint density at radius 1 is 1.19 bits per heavy atom. The molecule has 6 nitrogen and oxygen atoms in total. The van der Waals surface area contributed by atoms with Crippen LogP contribution in [0, 0.1) is 3.57 Å². The number of aromatic nitrogens is 2. The van der Waals surface area contributed by atoms with Gasteiger partial charge in [0.05, 0.1) is 10.7 Å². The number of ether oxygens (including phenoxy) is 2. The fourth-order valence-electron chi connectivity index (χ4n) is 2.19. The van der Waals surface area contributed by atoms with Crippen LogP contribution >= 0.6 is 38.5 Å². The highest BCUT2D eigenvalue weighted by Crippen LogP contribution is 2.35. The Morgan fingerprint density at radius 2 is 1.96 bits per heavy atom. The first-order valence-electron chi connectivity index (χ1n) is 7.57. The van der Waals surface area contributed by atoms with Crippen molar-refractivity contribution in [2.24, 2.45) is 0 Å². The number of methoxy groups -OCH3 is 1. The Labute approximate surface area is 172 Å². The van der Waals surface area contributed by atoms with Crippen LogP contribution in [0.2, 0.25) is 0 Å². The maximum Gasteiger partial charge on any atom is 0.313 e. The number of nitrogens with two attached hydrogens (primary N) is 1. The van der Waals surface area contributed by atoms with Gasteiger partial charge in [-0.25, -0.2) is 0 Å². The second-order valence-corrected chi connectivity index (χ2v) is 7.34.